The first-order valence-electron chi connectivity index (χ1n) is 7.49. The number of hydrogen-bond donors (Lipinski definition) is 1. The molecule has 0 aliphatic carbocycles. The van der Waals surface area contributed by atoms with Gasteiger partial charge < -0.3 is 10.1 Å². The summed E-state index contributed by atoms with van der Waals surface area (Å²) in [6.45, 7) is 0. The average Bonchev–Trinajstić information content (AvgIpc) is 3.16. The van der Waals surface area contributed by atoms with Crippen molar-refractivity contribution < 1.29 is 4.74 Å². The van der Waals surface area contributed by atoms with E-state index in [1.54, 1.807) is 13.3 Å². The lowest BCUT2D eigenvalue weighted by Gasteiger charge is -2.10. The van der Waals surface area contributed by atoms with Crippen LogP contribution in [-0.2, 0) is 0 Å². The largest absolute Gasteiger partial charge is 0.480 e. The molecule has 0 fully saturated rings. The van der Waals surface area contributed by atoms with Gasteiger partial charge in [0.1, 0.15) is 6.33 Å². The molecule has 0 unspecified atom stereocenters. The van der Waals surface area contributed by atoms with Gasteiger partial charge in [0.25, 0.3) is 0 Å². The Morgan fingerprint density at radius 3 is 2.75 bits per heavy atom. The molecule has 0 spiro atoms. The molecule has 0 atom stereocenters. The highest BCUT2D eigenvalue weighted by molar-refractivity contribution is 5.87. The molecule has 2 aromatic heterocycles. The van der Waals surface area contributed by atoms with E-state index in [9.17, 15) is 0 Å². The van der Waals surface area contributed by atoms with Gasteiger partial charge in [-0.3, -0.25) is 0 Å². The Kier molecular flexibility index (Phi) is 3.55. The quantitative estimate of drug-likeness (QED) is 0.623. The van der Waals surface area contributed by atoms with Crippen LogP contribution in [0.3, 0.4) is 0 Å². The number of rotatable bonds is 4. The maximum Gasteiger partial charge on any atom is 0.224 e. The Hall–Kier alpha value is -3.41. The molecule has 0 aliphatic heterocycles. The van der Waals surface area contributed by atoms with Crippen LogP contribution in [0.5, 0.6) is 5.88 Å². The van der Waals surface area contributed by atoms with Crippen LogP contribution in [0.1, 0.15) is 0 Å². The summed E-state index contributed by atoms with van der Waals surface area (Å²) < 4.78 is 7.13. The summed E-state index contributed by atoms with van der Waals surface area (Å²) in [6.07, 6.45) is 5.18. The van der Waals surface area contributed by atoms with E-state index >= 15 is 0 Å². The molecule has 118 valence electrons. The third-order valence-electron chi connectivity index (χ3n) is 3.70. The molecule has 2 aromatic carbocycles. The van der Waals surface area contributed by atoms with Gasteiger partial charge in [-0.1, -0.05) is 6.07 Å². The van der Waals surface area contributed by atoms with Crippen molar-refractivity contribution in [3.8, 4) is 11.6 Å². The van der Waals surface area contributed by atoms with Gasteiger partial charge >= 0.3 is 0 Å². The van der Waals surface area contributed by atoms with Crippen molar-refractivity contribution in [1.29, 1.82) is 0 Å². The first-order valence-corrected chi connectivity index (χ1v) is 7.49. The number of hydrogen-bond acceptors (Lipinski definition) is 5. The zero-order chi connectivity index (χ0) is 16.4. The Bertz CT molecular complexity index is 982. The lowest BCUT2D eigenvalue weighted by molar-refractivity contribution is 0.402. The Balaban J connectivity index is 1.68. The van der Waals surface area contributed by atoms with Gasteiger partial charge in [-0.2, -0.15) is 5.10 Å². The number of aromatic nitrogens is 4. The first-order chi connectivity index (χ1) is 11.8. The molecule has 4 aromatic rings. The first kappa shape index (κ1) is 14.2. The lowest BCUT2D eigenvalue weighted by atomic mass is 10.2. The van der Waals surface area contributed by atoms with E-state index in [0.29, 0.717) is 5.88 Å². The van der Waals surface area contributed by atoms with Gasteiger partial charge in [-0.25, -0.2) is 14.6 Å². The molecule has 2 heterocycles. The fourth-order valence-electron chi connectivity index (χ4n) is 2.59. The maximum absolute atomic E-state index is 5.31. The van der Waals surface area contributed by atoms with Crippen molar-refractivity contribution in [2.45, 2.75) is 0 Å². The predicted molar refractivity (Wildman–Crippen MR) is 92.9 cm³/mol. The van der Waals surface area contributed by atoms with E-state index in [4.69, 9.17) is 4.74 Å². The van der Waals surface area contributed by atoms with Gasteiger partial charge in [0.15, 0.2) is 0 Å². The monoisotopic (exact) mass is 317 g/mol. The minimum atomic E-state index is 0.564. The highest BCUT2D eigenvalue weighted by Gasteiger charge is 2.05. The van der Waals surface area contributed by atoms with E-state index in [1.807, 2.05) is 59.4 Å². The average molecular weight is 317 g/mol. The number of nitrogens with zero attached hydrogens (tertiary/aromatic N) is 4. The Morgan fingerprint density at radius 1 is 1.00 bits per heavy atom. The van der Waals surface area contributed by atoms with Crippen molar-refractivity contribution >= 4 is 22.3 Å². The van der Waals surface area contributed by atoms with Crippen LogP contribution in [0.2, 0.25) is 0 Å². The summed E-state index contributed by atoms with van der Waals surface area (Å²) >= 11 is 0. The third-order valence-corrected chi connectivity index (χ3v) is 3.70. The minimum Gasteiger partial charge on any atom is -0.480 e. The van der Waals surface area contributed by atoms with Gasteiger partial charge in [0.2, 0.25) is 5.88 Å². The van der Waals surface area contributed by atoms with E-state index in [1.165, 1.54) is 6.33 Å². The van der Waals surface area contributed by atoms with Gasteiger partial charge in [-0.15, -0.1) is 0 Å². The fourth-order valence-corrected chi connectivity index (χ4v) is 2.59. The van der Waals surface area contributed by atoms with Crippen LogP contribution in [-0.4, -0.2) is 26.9 Å². The highest BCUT2D eigenvalue weighted by Crippen LogP contribution is 2.26. The number of ether oxygens (including phenoxy) is 1. The summed E-state index contributed by atoms with van der Waals surface area (Å²) in [5, 5.41) is 8.52. The zero-order valence-electron chi connectivity index (χ0n) is 13.0. The van der Waals surface area contributed by atoms with E-state index in [2.05, 4.69) is 20.4 Å². The van der Waals surface area contributed by atoms with Crippen LogP contribution in [0.15, 0.2) is 67.3 Å². The summed E-state index contributed by atoms with van der Waals surface area (Å²) in [4.78, 5) is 8.40. The number of fused-ring (bicyclic) bond motifs is 1. The second kappa shape index (κ2) is 6.00. The molecule has 0 radical (unpaired) electrons. The summed E-state index contributed by atoms with van der Waals surface area (Å²) in [7, 11) is 1.61. The second-order valence-electron chi connectivity index (χ2n) is 5.24. The molecular weight excluding hydrogens is 302 g/mol. The second-order valence-corrected chi connectivity index (χ2v) is 5.24. The van der Waals surface area contributed by atoms with Crippen LogP contribution >= 0.6 is 0 Å². The standard InChI is InChI=1S/C18H15N5O/c1-24-18-16-11-14(6-7-17(16)19-12-20-18)22-13-4-2-5-15(10-13)23-9-3-8-21-23/h2-12,22H,1H3. The molecule has 0 amide bonds. The van der Waals surface area contributed by atoms with E-state index < -0.39 is 0 Å². The third kappa shape index (κ3) is 2.65. The zero-order valence-corrected chi connectivity index (χ0v) is 13.0. The van der Waals surface area contributed by atoms with E-state index in [0.717, 1.165) is 28.0 Å². The highest BCUT2D eigenvalue weighted by atomic mass is 16.5. The lowest BCUT2D eigenvalue weighted by Crippen LogP contribution is -1.97. The molecule has 4 rings (SSSR count). The minimum absolute atomic E-state index is 0.564. The van der Waals surface area contributed by atoms with Crippen molar-refractivity contribution in [3.63, 3.8) is 0 Å². The smallest absolute Gasteiger partial charge is 0.224 e. The Morgan fingerprint density at radius 2 is 1.92 bits per heavy atom. The molecule has 1 N–H and O–H groups in total. The van der Waals surface area contributed by atoms with Crippen LogP contribution in [0, 0.1) is 0 Å². The fraction of sp³-hybridized carbons (Fsp3) is 0.0556. The molecule has 0 saturated carbocycles. The Labute approximate surface area is 138 Å². The predicted octanol–water partition coefficient (Wildman–Crippen LogP) is 3.57. The molecule has 24 heavy (non-hydrogen) atoms. The molecule has 6 nitrogen and oxygen atoms in total. The molecule has 6 heteroatoms. The van der Waals surface area contributed by atoms with Crippen LogP contribution < -0.4 is 10.1 Å². The number of methoxy groups -OCH3 is 1. The van der Waals surface area contributed by atoms with Crippen molar-refractivity contribution in [2.24, 2.45) is 0 Å². The maximum atomic E-state index is 5.31. The molecule has 0 aliphatic rings. The van der Waals surface area contributed by atoms with Gasteiger partial charge in [0, 0.05) is 23.8 Å². The van der Waals surface area contributed by atoms with Crippen LogP contribution in [0.4, 0.5) is 11.4 Å². The van der Waals surface area contributed by atoms with E-state index in [-0.39, 0.29) is 0 Å². The number of anilines is 2. The summed E-state index contributed by atoms with van der Waals surface area (Å²) in [6, 6.07) is 15.9. The van der Waals surface area contributed by atoms with Crippen molar-refractivity contribution in [1.82, 2.24) is 19.7 Å². The molecule has 0 saturated heterocycles. The molecule has 0 bridgehead atoms. The van der Waals surface area contributed by atoms with Gasteiger partial charge in [0.05, 0.1) is 23.7 Å². The summed E-state index contributed by atoms with van der Waals surface area (Å²) in [5.74, 6) is 0.564. The number of benzene rings is 2. The van der Waals surface area contributed by atoms with Crippen molar-refractivity contribution in [2.75, 3.05) is 12.4 Å². The number of nitrogens with one attached hydrogen (secondary N) is 1. The molecular formula is C18H15N5O. The normalized spacial score (nSPS) is 10.7. The van der Waals surface area contributed by atoms with Crippen LogP contribution in [0.25, 0.3) is 16.6 Å². The van der Waals surface area contributed by atoms with Crippen molar-refractivity contribution in [3.05, 3.63) is 67.3 Å². The summed E-state index contributed by atoms with van der Waals surface area (Å²) in [5.41, 5.74) is 3.75. The topological polar surface area (TPSA) is 64.9 Å². The van der Waals surface area contributed by atoms with Gasteiger partial charge in [-0.05, 0) is 42.5 Å². The SMILES string of the molecule is COc1ncnc2ccc(Nc3cccc(-n4cccn4)c3)cc12.